The molecule has 4 heteroatoms. The molecule has 106 valence electrons. The molecule has 1 N–H and O–H groups in total. The van der Waals surface area contributed by atoms with Gasteiger partial charge in [-0.15, -0.1) is 0 Å². The average Bonchev–Trinajstić information content (AvgIpc) is 2.43. The first-order valence-electron chi connectivity index (χ1n) is 6.56. The fraction of sp³-hybridized carbons (Fsp3) is 0.250. The molecule has 0 fully saturated rings. The van der Waals surface area contributed by atoms with Gasteiger partial charge in [-0.3, -0.25) is 0 Å². The second-order valence-corrected chi connectivity index (χ2v) is 4.95. The van der Waals surface area contributed by atoms with Gasteiger partial charge in [0.15, 0.2) is 0 Å². The van der Waals surface area contributed by atoms with Crippen molar-refractivity contribution in [2.45, 2.75) is 19.4 Å². The molecule has 1 unspecified atom stereocenters. The molecule has 0 spiro atoms. The van der Waals surface area contributed by atoms with Crippen LogP contribution in [0.25, 0.3) is 0 Å². The van der Waals surface area contributed by atoms with Crippen molar-refractivity contribution < 1.29 is 8.78 Å². The van der Waals surface area contributed by atoms with Crippen molar-refractivity contribution in [2.24, 2.45) is 0 Å². The van der Waals surface area contributed by atoms with Gasteiger partial charge in [0.25, 0.3) is 0 Å². The molecular formula is C16H16ClF2N. The van der Waals surface area contributed by atoms with E-state index in [0.29, 0.717) is 17.1 Å². The summed E-state index contributed by atoms with van der Waals surface area (Å²) in [5.41, 5.74) is 0.681. The maximum Gasteiger partial charge on any atom is 0.129 e. The van der Waals surface area contributed by atoms with E-state index in [2.05, 4.69) is 5.32 Å². The van der Waals surface area contributed by atoms with Gasteiger partial charge < -0.3 is 5.32 Å². The van der Waals surface area contributed by atoms with E-state index in [1.54, 1.807) is 30.3 Å². The minimum Gasteiger partial charge on any atom is -0.306 e. The first-order chi connectivity index (χ1) is 9.65. The molecule has 0 heterocycles. The summed E-state index contributed by atoms with van der Waals surface area (Å²) in [6.45, 7) is 2.64. The maximum atomic E-state index is 14.1. The Morgan fingerprint density at radius 3 is 2.40 bits per heavy atom. The molecule has 2 rings (SSSR count). The van der Waals surface area contributed by atoms with Crippen molar-refractivity contribution in [1.82, 2.24) is 5.32 Å². The minimum atomic E-state index is -0.593. The molecule has 0 aliphatic carbocycles. The topological polar surface area (TPSA) is 12.0 Å². The molecule has 2 aromatic rings. The van der Waals surface area contributed by atoms with Crippen LogP contribution in [0.4, 0.5) is 8.78 Å². The number of hydrogen-bond donors (Lipinski definition) is 1. The number of rotatable bonds is 5. The van der Waals surface area contributed by atoms with Crippen molar-refractivity contribution in [2.75, 3.05) is 6.54 Å². The van der Waals surface area contributed by atoms with E-state index in [1.807, 2.05) is 6.92 Å². The first kappa shape index (κ1) is 14.9. The highest BCUT2D eigenvalue weighted by Crippen LogP contribution is 2.31. The van der Waals surface area contributed by atoms with Crippen LogP contribution in [-0.2, 0) is 0 Å². The molecule has 0 amide bonds. The molecule has 20 heavy (non-hydrogen) atoms. The molecular weight excluding hydrogens is 280 g/mol. The Balaban J connectivity index is 2.50. The summed E-state index contributed by atoms with van der Waals surface area (Å²) >= 11 is 6.10. The molecule has 0 bridgehead atoms. The van der Waals surface area contributed by atoms with E-state index in [0.717, 1.165) is 6.42 Å². The van der Waals surface area contributed by atoms with Crippen molar-refractivity contribution in [3.05, 3.63) is 70.2 Å². The standard InChI is InChI=1S/C16H16ClF2N/c1-2-10-20-16(11-6-3-4-8-13(11)18)15-12(17)7-5-9-14(15)19/h3-9,16,20H,2,10H2,1H3. The number of benzene rings is 2. The normalized spacial score (nSPS) is 12.4. The summed E-state index contributed by atoms with van der Waals surface area (Å²) < 4.78 is 28.1. The first-order valence-corrected chi connectivity index (χ1v) is 6.94. The predicted molar refractivity (Wildman–Crippen MR) is 77.9 cm³/mol. The summed E-state index contributed by atoms with van der Waals surface area (Å²) in [4.78, 5) is 0. The smallest absolute Gasteiger partial charge is 0.129 e. The highest BCUT2D eigenvalue weighted by Gasteiger charge is 2.22. The SMILES string of the molecule is CCCNC(c1ccccc1F)c1c(F)cccc1Cl. The summed E-state index contributed by atoms with van der Waals surface area (Å²) in [7, 11) is 0. The van der Waals surface area contributed by atoms with Crippen LogP contribution >= 0.6 is 11.6 Å². The number of halogens is 3. The molecule has 0 aromatic heterocycles. The lowest BCUT2D eigenvalue weighted by atomic mass is 9.97. The Labute approximate surface area is 122 Å². The summed E-state index contributed by atoms with van der Waals surface area (Å²) in [6.07, 6.45) is 0.858. The summed E-state index contributed by atoms with van der Waals surface area (Å²) in [5.74, 6) is -0.810. The minimum absolute atomic E-state index is 0.285. The third kappa shape index (κ3) is 3.17. The highest BCUT2D eigenvalue weighted by molar-refractivity contribution is 6.31. The third-order valence-corrected chi connectivity index (χ3v) is 3.43. The molecule has 0 radical (unpaired) electrons. The maximum absolute atomic E-state index is 14.1. The molecule has 1 atom stereocenters. The van der Waals surface area contributed by atoms with Gasteiger partial charge in [0.1, 0.15) is 11.6 Å². The van der Waals surface area contributed by atoms with E-state index in [-0.39, 0.29) is 11.4 Å². The average molecular weight is 296 g/mol. The van der Waals surface area contributed by atoms with Gasteiger partial charge in [-0.2, -0.15) is 0 Å². The van der Waals surface area contributed by atoms with Gasteiger partial charge in [-0.25, -0.2) is 8.78 Å². The molecule has 1 nitrogen and oxygen atoms in total. The zero-order valence-corrected chi connectivity index (χ0v) is 11.9. The quantitative estimate of drug-likeness (QED) is 0.842. The van der Waals surface area contributed by atoms with E-state index in [9.17, 15) is 8.78 Å². The Hall–Kier alpha value is -1.45. The second kappa shape index (κ2) is 6.82. The van der Waals surface area contributed by atoms with Crippen LogP contribution < -0.4 is 5.32 Å². The van der Waals surface area contributed by atoms with Gasteiger partial charge >= 0.3 is 0 Å². The number of nitrogens with one attached hydrogen (secondary N) is 1. The molecule has 0 aliphatic heterocycles. The Bertz CT molecular complexity index is 566. The van der Waals surface area contributed by atoms with Crippen molar-refractivity contribution in [3.8, 4) is 0 Å². The molecule has 0 saturated heterocycles. The lowest BCUT2D eigenvalue weighted by Gasteiger charge is -2.21. The van der Waals surface area contributed by atoms with Crippen molar-refractivity contribution >= 4 is 11.6 Å². The van der Waals surface area contributed by atoms with E-state index < -0.39 is 11.9 Å². The Morgan fingerprint density at radius 1 is 1.05 bits per heavy atom. The molecule has 0 aliphatic rings. The van der Waals surface area contributed by atoms with Gasteiger partial charge in [0.05, 0.1) is 6.04 Å². The summed E-state index contributed by atoms with van der Waals surface area (Å²) in [5, 5.41) is 3.45. The van der Waals surface area contributed by atoms with Crippen LogP contribution in [0.1, 0.15) is 30.5 Å². The van der Waals surface area contributed by atoms with Gasteiger partial charge in [0.2, 0.25) is 0 Å². The van der Waals surface area contributed by atoms with Crippen LogP contribution in [-0.4, -0.2) is 6.54 Å². The lowest BCUT2D eigenvalue weighted by molar-refractivity contribution is 0.520. The van der Waals surface area contributed by atoms with Crippen LogP contribution in [0.15, 0.2) is 42.5 Å². The zero-order valence-electron chi connectivity index (χ0n) is 11.2. The second-order valence-electron chi connectivity index (χ2n) is 4.54. The Kier molecular flexibility index (Phi) is 5.10. The van der Waals surface area contributed by atoms with Gasteiger partial charge in [-0.05, 0) is 31.2 Å². The fourth-order valence-corrected chi connectivity index (χ4v) is 2.42. The monoisotopic (exact) mass is 295 g/mol. The van der Waals surface area contributed by atoms with Gasteiger partial charge in [0, 0.05) is 16.1 Å². The lowest BCUT2D eigenvalue weighted by Crippen LogP contribution is -2.25. The predicted octanol–water partition coefficient (Wildman–Crippen LogP) is 4.71. The van der Waals surface area contributed by atoms with Crippen LogP contribution in [0.2, 0.25) is 5.02 Å². The Morgan fingerprint density at radius 2 is 1.75 bits per heavy atom. The van der Waals surface area contributed by atoms with E-state index >= 15 is 0 Å². The van der Waals surface area contributed by atoms with Gasteiger partial charge in [-0.1, -0.05) is 42.8 Å². The third-order valence-electron chi connectivity index (χ3n) is 3.10. The van der Waals surface area contributed by atoms with E-state index in [4.69, 9.17) is 11.6 Å². The van der Waals surface area contributed by atoms with E-state index in [1.165, 1.54) is 12.1 Å². The molecule has 2 aromatic carbocycles. The molecule has 0 saturated carbocycles. The van der Waals surface area contributed by atoms with Crippen molar-refractivity contribution in [3.63, 3.8) is 0 Å². The summed E-state index contributed by atoms with van der Waals surface area (Å²) in [6, 6.07) is 10.2. The largest absolute Gasteiger partial charge is 0.306 e. The van der Waals surface area contributed by atoms with Crippen molar-refractivity contribution in [1.29, 1.82) is 0 Å². The zero-order chi connectivity index (χ0) is 14.5. The van der Waals surface area contributed by atoms with Crippen LogP contribution in [0, 0.1) is 11.6 Å². The highest BCUT2D eigenvalue weighted by atomic mass is 35.5. The van der Waals surface area contributed by atoms with Crippen LogP contribution in [0.3, 0.4) is 0 Å². The fourth-order valence-electron chi connectivity index (χ4n) is 2.15. The number of hydrogen-bond acceptors (Lipinski definition) is 1. The van der Waals surface area contributed by atoms with Crippen LogP contribution in [0.5, 0.6) is 0 Å².